The molecular weight excluding hydrogens is 234 g/mol. The maximum absolute atomic E-state index is 11.9. The Hall–Kier alpha value is -1.31. The van der Waals surface area contributed by atoms with Crippen LogP contribution in [-0.4, -0.2) is 23.9 Å². The summed E-state index contributed by atoms with van der Waals surface area (Å²) in [5.41, 5.74) is 1.46. The molecule has 104 valence electrons. The second-order valence-corrected chi connectivity index (χ2v) is 5.67. The molecule has 1 amide bonds. The first-order valence-corrected chi connectivity index (χ1v) is 7.53. The molecule has 2 nitrogen and oxygen atoms in total. The zero-order chi connectivity index (χ0) is 13.7. The van der Waals surface area contributed by atoms with Crippen LogP contribution >= 0.6 is 0 Å². The second kappa shape index (κ2) is 6.74. The van der Waals surface area contributed by atoms with E-state index in [1.54, 1.807) is 0 Å². The molecule has 1 aromatic carbocycles. The third kappa shape index (κ3) is 3.59. The molecule has 0 radical (unpaired) electrons. The average molecular weight is 259 g/mol. The van der Waals surface area contributed by atoms with Gasteiger partial charge < -0.3 is 4.90 Å². The molecular formula is C17H25NO. The molecule has 2 rings (SSSR count). The zero-order valence-corrected chi connectivity index (χ0v) is 12.1. The monoisotopic (exact) mass is 259 g/mol. The molecule has 0 spiro atoms. The van der Waals surface area contributed by atoms with Crippen LogP contribution in [0.4, 0.5) is 0 Å². The second-order valence-electron chi connectivity index (χ2n) is 5.67. The summed E-state index contributed by atoms with van der Waals surface area (Å²) in [6.45, 7) is 2.07. The Labute approximate surface area is 116 Å². The third-order valence-corrected chi connectivity index (χ3v) is 4.37. The molecule has 1 saturated carbocycles. The van der Waals surface area contributed by atoms with Crippen molar-refractivity contribution >= 4 is 5.91 Å². The Morgan fingerprint density at radius 2 is 1.79 bits per heavy atom. The summed E-state index contributed by atoms with van der Waals surface area (Å²) in [5.74, 6) is 0.998. The maximum atomic E-state index is 11.9. The van der Waals surface area contributed by atoms with Crippen LogP contribution in [0.1, 0.15) is 56.9 Å². The van der Waals surface area contributed by atoms with Crippen molar-refractivity contribution in [1.29, 1.82) is 0 Å². The predicted octanol–water partition coefficient (Wildman–Crippen LogP) is 3.97. The van der Waals surface area contributed by atoms with Gasteiger partial charge >= 0.3 is 0 Å². The topological polar surface area (TPSA) is 20.3 Å². The average Bonchev–Trinajstić information content (AvgIpc) is 2.48. The minimum atomic E-state index is 0.311. The summed E-state index contributed by atoms with van der Waals surface area (Å²) in [5, 5.41) is 0. The van der Waals surface area contributed by atoms with E-state index in [2.05, 4.69) is 37.3 Å². The van der Waals surface area contributed by atoms with Crippen molar-refractivity contribution in [1.82, 2.24) is 4.90 Å². The molecule has 0 aliphatic heterocycles. The number of hydrogen-bond donors (Lipinski definition) is 0. The summed E-state index contributed by atoms with van der Waals surface area (Å²) in [4.78, 5) is 13.9. The molecule has 0 bridgehead atoms. The highest BCUT2D eigenvalue weighted by Gasteiger charge is 2.26. The highest BCUT2D eigenvalue weighted by molar-refractivity contribution is 5.76. The molecule has 1 fully saturated rings. The van der Waals surface area contributed by atoms with E-state index < -0.39 is 0 Å². The van der Waals surface area contributed by atoms with Gasteiger partial charge in [0.1, 0.15) is 0 Å². The van der Waals surface area contributed by atoms with E-state index in [0.717, 1.165) is 19.3 Å². The van der Waals surface area contributed by atoms with Crippen LogP contribution in [0.3, 0.4) is 0 Å². The number of nitrogens with zero attached hydrogens (tertiary/aromatic N) is 1. The quantitative estimate of drug-likeness (QED) is 0.801. The molecule has 1 aliphatic rings. The van der Waals surface area contributed by atoms with Crippen LogP contribution < -0.4 is 0 Å². The molecule has 2 heteroatoms. The van der Waals surface area contributed by atoms with Gasteiger partial charge in [0, 0.05) is 19.5 Å². The van der Waals surface area contributed by atoms with Gasteiger partial charge in [-0.25, -0.2) is 0 Å². The summed E-state index contributed by atoms with van der Waals surface area (Å²) in [6, 6.07) is 11.2. The number of carbonyl (C=O) groups is 1. The minimum Gasteiger partial charge on any atom is -0.343 e. The minimum absolute atomic E-state index is 0.311. The molecule has 0 saturated heterocycles. The van der Waals surface area contributed by atoms with Gasteiger partial charge in [0.25, 0.3) is 0 Å². The van der Waals surface area contributed by atoms with E-state index in [1.807, 2.05) is 11.9 Å². The maximum Gasteiger partial charge on any atom is 0.222 e. The van der Waals surface area contributed by atoms with E-state index >= 15 is 0 Å². The normalized spacial score (nSPS) is 23.1. The van der Waals surface area contributed by atoms with E-state index in [0.29, 0.717) is 24.3 Å². The summed E-state index contributed by atoms with van der Waals surface area (Å²) >= 11 is 0. The number of hydrogen-bond acceptors (Lipinski definition) is 1. The van der Waals surface area contributed by atoms with Crippen molar-refractivity contribution in [2.24, 2.45) is 0 Å². The fraction of sp³-hybridized carbons (Fsp3) is 0.588. The Kier molecular flexibility index (Phi) is 5.00. The highest BCUT2D eigenvalue weighted by atomic mass is 16.2. The number of benzene rings is 1. The van der Waals surface area contributed by atoms with E-state index in [4.69, 9.17) is 0 Å². The fourth-order valence-corrected chi connectivity index (χ4v) is 3.12. The molecule has 1 aromatic rings. The van der Waals surface area contributed by atoms with Crippen LogP contribution in [0.5, 0.6) is 0 Å². The van der Waals surface area contributed by atoms with Crippen molar-refractivity contribution < 1.29 is 4.79 Å². The summed E-state index contributed by atoms with van der Waals surface area (Å²) < 4.78 is 0. The van der Waals surface area contributed by atoms with Crippen molar-refractivity contribution in [3.8, 4) is 0 Å². The third-order valence-electron chi connectivity index (χ3n) is 4.37. The van der Waals surface area contributed by atoms with Gasteiger partial charge in [-0.2, -0.15) is 0 Å². The number of amides is 1. The smallest absolute Gasteiger partial charge is 0.222 e. The summed E-state index contributed by atoms with van der Waals surface area (Å²) in [6.07, 6.45) is 6.34. The van der Waals surface area contributed by atoms with Crippen molar-refractivity contribution in [3.05, 3.63) is 35.9 Å². The first kappa shape index (κ1) is 14.1. The lowest BCUT2D eigenvalue weighted by Gasteiger charge is -2.35. The van der Waals surface area contributed by atoms with Crippen LogP contribution in [0, 0.1) is 0 Å². The van der Waals surface area contributed by atoms with Crippen molar-refractivity contribution in [3.63, 3.8) is 0 Å². The van der Waals surface area contributed by atoms with Gasteiger partial charge in [-0.1, -0.05) is 37.3 Å². The van der Waals surface area contributed by atoms with Crippen LogP contribution in [0.15, 0.2) is 30.3 Å². The molecule has 19 heavy (non-hydrogen) atoms. The first-order valence-electron chi connectivity index (χ1n) is 7.53. The molecule has 0 aromatic heterocycles. The van der Waals surface area contributed by atoms with E-state index in [-0.39, 0.29) is 0 Å². The van der Waals surface area contributed by atoms with Gasteiger partial charge in [-0.15, -0.1) is 0 Å². The van der Waals surface area contributed by atoms with Crippen LogP contribution in [0.2, 0.25) is 0 Å². The van der Waals surface area contributed by atoms with Crippen LogP contribution in [0.25, 0.3) is 0 Å². The first-order chi connectivity index (χ1) is 9.22. The molecule has 1 aliphatic carbocycles. The lowest BCUT2D eigenvalue weighted by atomic mass is 9.81. The molecule has 0 atom stereocenters. The standard InChI is InChI=1S/C17H25NO/c1-3-7-17(19)18(2)16-12-10-15(11-13-16)14-8-5-4-6-9-14/h4-6,8-9,15-16H,3,7,10-13H2,1-2H3. The lowest BCUT2D eigenvalue weighted by Crippen LogP contribution is -2.39. The van der Waals surface area contributed by atoms with Gasteiger partial charge in [0.15, 0.2) is 0 Å². The molecule has 0 unspecified atom stereocenters. The molecule has 0 heterocycles. The van der Waals surface area contributed by atoms with Gasteiger partial charge in [0.05, 0.1) is 0 Å². The van der Waals surface area contributed by atoms with Gasteiger partial charge in [0.2, 0.25) is 5.91 Å². The summed E-state index contributed by atoms with van der Waals surface area (Å²) in [7, 11) is 1.98. The SMILES string of the molecule is CCCC(=O)N(C)C1CCC(c2ccccc2)CC1. The van der Waals surface area contributed by atoms with Crippen molar-refractivity contribution in [2.75, 3.05) is 7.05 Å². The van der Waals surface area contributed by atoms with Crippen LogP contribution in [-0.2, 0) is 4.79 Å². The van der Waals surface area contributed by atoms with E-state index in [1.165, 1.54) is 18.4 Å². The predicted molar refractivity (Wildman–Crippen MR) is 79.1 cm³/mol. The lowest BCUT2D eigenvalue weighted by molar-refractivity contribution is -0.132. The largest absolute Gasteiger partial charge is 0.343 e. The Balaban J connectivity index is 1.87. The van der Waals surface area contributed by atoms with E-state index in [9.17, 15) is 4.79 Å². The Bertz CT molecular complexity index is 393. The number of rotatable bonds is 4. The fourth-order valence-electron chi connectivity index (χ4n) is 3.12. The van der Waals surface area contributed by atoms with Gasteiger partial charge in [-0.3, -0.25) is 4.79 Å². The Morgan fingerprint density at radius 3 is 2.37 bits per heavy atom. The van der Waals surface area contributed by atoms with Crippen molar-refractivity contribution in [2.45, 2.75) is 57.4 Å². The number of carbonyl (C=O) groups excluding carboxylic acids is 1. The Morgan fingerprint density at radius 1 is 1.16 bits per heavy atom. The highest BCUT2D eigenvalue weighted by Crippen LogP contribution is 2.34. The zero-order valence-electron chi connectivity index (χ0n) is 12.1. The van der Waals surface area contributed by atoms with Gasteiger partial charge in [-0.05, 0) is 43.6 Å². The molecule has 0 N–H and O–H groups in total.